The van der Waals surface area contributed by atoms with Crippen LogP contribution in [0, 0.1) is 12.3 Å². The molecule has 92 valence electrons. The zero-order valence-electron chi connectivity index (χ0n) is 9.77. The maximum Gasteiger partial charge on any atom is 0.311 e. The number of hydrogen-bond acceptors (Lipinski definition) is 4. The number of carboxylic acids is 1. The number of aromatic nitrogens is 1. The number of nitrogens with zero attached hydrogens (tertiary/aromatic N) is 2. The van der Waals surface area contributed by atoms with Crippen LogP contribution < -0.4 is 0 Å². The summed E-state index contributed by atoms with van der Waals surface area (Å²) in [7, 11) is 0. The van der Waals surface area contributed by atoms with Gasteiger partial charge in [-0.3, -0.25) is 9.59 Å². The number of amides is 1. The normalized spacial score (nSPS) is 24.0. The van der Waals surface area contributed by atoms with Crippen LogP contribution in [0.2, 0.25) is 0 Å². The van der Waals surface area contributed by atoms with Crippen molar-refractivity contribution in [3.63, 3.8) is 0 Å². The number of aryl methyl sites for hydroxylation is 1. The van der Waals surface area contributed by atoms with E-state index in [4.69, 9.17) is 5.11 Å². The van der Waals surface area contributed by atoms with Crippen LogP contribution >= 0.6 is 11.3 Å². The summed E-state index contributed by atoms with van der Waals surface area (Å²) in [6.45, 7) is 4.26. The molecule has 0 saturated carbocycles. The van der Waals surface area contributed by atoms with E-state index in [0.29, 0.717) is 18.7 Å². The third-order valence-electron chi connectivity index (χ3n) is 3.11. The first kappa shape index (κ1) is 12.0. The molecule has 1 atom stereocenters. The lowest BCUT2D eigenvalue weighted by atomic mass is 9.90. The Morgan fingerprint density at radius 3 is 2.76 bits per heavy atom. The van der Waals surface area contributed by atoms with Crippen molar-refractivity contribution in [2.24, 2.45) is 5.41 Å². The van der Waals surface area contributed by atoms with Crippen molar-refractivity contribution in [1.29, 1.82) is 0 Å². The predicted octanol–water partition coefficient (Wildman–Crippen LogP) is 1.39. The van der Waals surface area contributed by atoms with Crippen LogP contribution in [0.15, 0.2) is 5.38 Å². The van der Waals surface area contributed by atoms with Gasteiger partial charge in [0.05, 0.1) is 10.4 Å². The summed E-state index contributed by atoms with van der Waals surface area (Å²) in [5, 5.41) is 11.7. The highest BCUT2D eigenvalue weighted by atomic mass is 32.1. The van der Waals surface area contributed by atoms with Crippen LogP contribution in [-0.4, -0.2) is 40.0 Å². The van der Waals surface area contributed by atoms with Crippen LogP contribution in [0.5, 0.6) is 0 Å². The molecular formula is C11H14N2O3S. The lowest BCUT2D eigenvalue weighted by Gasteiger charge is -2.19. The highest BCUT2D eigenvalue weighted by Gasteiger charge is 2.42. The molecule has 1 amide bonds. The summed E-state index contributed by atoms with van der Waals surface area (Å²) in [5.74, 6) is -1.01. The van der Waals surface area contributed by atoms with Crippen molar-refractivity contribution < 1.29 is 14.7 Å². The van der Waals surface area contributed by atoms with Crippen LogP contribution in [0.1, 0.15) is 28.8 Å². The molecule has 0 bridgehead atoms. The first-order valence-corrected chi connectivity index (χ1v) is 6.25. The summed E-state index contributed by atoms with van der Waals surface area (Å²) in [4.78, 5) is 28.8. The van der Waals surface area contributed by atoms with Gasteiger partial charge in [0.1, 0.15) is 5.69 Å². The lowest BCUT2D eigenvalue weighted by Crippen LogP contribution is -2.35. The monoisotopic (exact) mass is 254 g/mol. The first-order chi connectivity index (χ1) is 7.92. The fourth-order valence-corrected chi connectivity index (χ4v) is 2.52. The highest BCUT2D eigenvalue weighted by molar-refractivity contribution is 7.09. The van der Waals surface area contributed by atoms with E-state index in [-0.39, 0.29) is 12.5 Å². The largest absolute Gasteiger partial charge is 0.481 e. The molecule has 1 aromatic heterocycles. The van der Waals surface area contributed by atoms with Gasteiger partial charge in [0.25, 0.3) is 5.91 Å². The number of rotatable bonds is 2. The van der Waals surface area contributed by atoms with E-state index >= 15 is 0 Å². The molecule has 0 aliphatic carbocycles. The van der Waals surface area contributed by atoms with E-state index in [1.807, 2.05) is 6.92 Å². The molecule has 0 radical (unpaired) electrons. The molecule has 2 rings (SSSR count). The molecular weight excluding hydrogens is 240 g/mol. The first-order valence-electron chi connectivity index (χ1n) is 5.37. The molecule has 0 spiro atoms. The zero-order valence-corrected chi connectivity index (χ0v) is 10.6. The molecule has 0 aromatic carbocycles. The quantitative estimate of drug-likeness (QED) is 0.865. The number of thiazole rings is 1. The molecule has 17 heavy (non-hydrogen) atoms. The number of likely N-dealkylation sites (tertiary alicyclic amines) is 1. The van der Waals surface area contributed by atoms with Gasteiger partial charge < -0.3 is 10.0 Å². The standard InChI is InChI=1S/C11H14N2O3S/c1-7-12-8(5-17-7)9(14)13-4-3-11(2,6-13)10(15)16/h5H,3-4,6H2,1-2H3,(H,15,16)/t11-/m1/s1. The number of hydrogen-bond donors (Lipinski definition) is 1. The number of carbonyl (C=O) groups excluding carboxylic acids is 1. The van der Waals surface area contributed by atoms with Crippen LogP contribution in [-0.2, 0) is 4.79 Å². The number of carbonyl (C=O) groups is 2. The van der Waals surface area contributed by atoms with Gasteiger partial charge in [0, 0.05) is 18.5 Å². The Kier molecular flexibility index (Phi) is 2.91. The molecule has 1 aromatic rings. The Bertz CT molecular complexity index is 471. The predicted molar refractivity (Wildman–Crippen MR) is 63.1 cm³/mol. The van der Waals surface area contributed by atoms with Gasteiger partial charge in [-0.05, 0) is 20.3 Å². The van der Waals surface area contributed by atoms with Crippen molar-refractivity contribution in [2.75, 3.05) is 13.1 Å². The SMILES string of the molecule is Cc1nc(C(=O)N2CC[C@@](C)(C(=O)O)C2)cs1. The summed E-state index contributed by atoms with van der Waals surface area (Å²) in [5.41, 5.74) is -0.400. The smallest absolute Gasteiger partial charge is 0.311 e. The lowest BCUT2D eigenvalue weighted by molar-refractivity contribution is -0.147. The van der Waals surface area contributed by atoms with Gasteiger partial charge >= 0.3 is 5.97 Å². The Morgan fingerprint density at radius 2 is 2.29 bits per heavy atom. The van der Waals surface area contributed by atoms with E-state index in [9.17, 15) is 9.59 Å². The fraction of sp³-hybridized carbons (Fsp3) is 0.545. The second-order valence-electron chi connectivity index (χ2n) is 4.59. The average Bonchev–Trinajstić information content (AvgIpc) is 2.85. The summed E-state index contributed by atoms with van der Waals surface area (Å²) >= 11 is 1.42. The van der Waals surface area contributed by atoms with Crippen molar-refractivity contribution in [3.8, 4) is 0 Å². The third kappa shape index (κ3) is 2.17. The summed E-state index contributed by atoms with van der Waals surface area (Å²) in [6.07, 6.45) is 0.497. The van der Waals surface area contributed by atoms with Crippen molar-refractivity contribution >= 4 is 23.2 Å². The van der Waals surface area contributed by atoms with Gasteiger partial charge in [-0.25, -0.2) is 4.98 Å². The second kappa shape index (κ2) is 4.10. The van der Waals surface area contributed by atoms with Crippen molar-refractivity contribution in [3.05, 3.63) is 16.1 Å². The van der Waals surface area contributed by atoms with Crippen LogP contribution in [0.3, 0.4) is 0 Å². The van der Waals surface area contributed by atoms with E-state index < -0.39 is 11.4 Å². The molecule has 1 saturated heterocycles. The molecule has 2 heterocycles. The van der Waals surface area contributed by atoms with Crippen molar-refractivity contribution in [2.45, 2.75) is 20.3 Å². The average molecular weight is 254 g/mol. The van der Waals surface area contributed by atoms with Gasteiger partial charge in [-0.2, -0.15) is 0 Å². The summed E-state index contributed by atoms with van der Waals surface area (Å²) in [6, 6.07) is 0. The minimum atomic E-state index is -0.845. The molecule has 5 nitrogen and oxygen atoms in total. The molecule has 1 aliphatic rings. The second-order valence-corrected chi connectivity index (χ2v) is 5.66. The summed E-state index contributed by atoms with van der Waals surface area (Å²) < 4.78 is 0. The number of aliphatic carboxylic acids is 1. The molecule has 1 fully saturated rings. The molecule has 0 unspecified atom stereocenters. The fourth-order valence-electron chi connectivity index (χ4n) is 1.93. The van der Waals surface area contributed by atoms with E-state index in [1.165, 1.54) is 11.3 Å². The van der Waals surface area contributed by atoms with E-state index in [1.54, 1.807) is 17.2 Å². The Morgan fingerprint density at radius 1 is 1.59 bits per heavy atom. The Balaban J connectivity index is 2.11. The van der Waals surface area contributed by atoms with Gasteiger partial charge in [-0.1, -0.05) is 0 Å². The maximum atomic E-state index is 12.0. The molecule has 1 N–H and O–H groups in total. The Hall–Kier alpha value is -1.43. The minimum absolute atomic E-state index is 0.167. The molecule has 1 aliphatic heterocycles. The Labute approximate surface area is 103 Å². The van der Waals surface area contributed by atoms with Gasteiger partial charge in [0.2, 0.25) is 0 Å². The topological polar surface area (TPSA) is 70.5 Å². The van der Waals surface area contributed by atoms with Crippen LogP contribution in [0.25, 0.3) is 0 Å². The van der Waals surface area contributed by atoms with Gasteiger partial charge in [0.15, 0.2) is 0 Å². The van der Waals surface area contributed by atoms with E-state index in [2.05, 4.69) is 4.98 Å². The van der Waals surface area contributed by atoms with Gasteiger partial charge in [-0.15, -0.1) is 11.3 Å². The van der Waals surface area contributed by atoms with Crippen LogP contribution in [0.4, 0.5) is 0 Å². The number of carboxylic acid groups (broad SMARTS) is 1. The minimum Gasteiger partial charge on any atom is -0.481 e. The maximum absolute atomic E-state index is 12.0. The zero-order chi connectivity index (χ0) is 12.6. The van der Waals surface area contributed by atoms with E-state index in [0.717, 1.165) is 5.01 Å². The molecule has 6 heteroatoms. The highest BCUT2D eigenvalue weighted by Crippen LogP contribution is 2.31. The van der Waals surface area contributed by atoms with Crippen molar-refractivity contribution in [1.82, 2.24) is 9.88 Å². The third-order valence-corrected chi connectivity index (χ3v) is 3.89.